The van der Waals surface area contributed by atoms with Crippen LogP contribution in [-0.4, -0.2) is 11.0 Å². The van der Waals surface area contributed by atoms with Crippen LogP contribution in [0.1, 0.15) is 24.2 Å². The number of hydrogen-bond donors (Lipinski definition) is 0. The van der Waals surface area contributed by atoms with Crippen molar-refractivity contribution in [3.63, 3.8) is 0 Å². The SMILES string of the molecule is C=S.c1noc2c1CCCC2. The van der Waals surface area contributed by atoms with Crippen molar-refractivity contribution < 1.29 is 4.52 Å². The third-order valence-electron chi connectivity index (χ3n) is 1.83. The maximum atomic E-state index is 5.01. The molecule has 2 nitrogen and oxygen atoms in total. The Hall–Kier alpha value is -0.700. The Kier molecular flexibility index (Phi) is 3.23. The third-order valence-corrected chi connectivity index (χ3v) is 1.83. The summed E-state index contributed by atoms with van der Waals surface area (Å²) in [6.07, 6.45) is 6.67. The topological polar surface area (TPSA) is 26.0 Å². The Morgan fingerprint density at radius 1 is 1.36 bits per heavy atom. The fraction of sp³-hybridized carbons (Fsp3) is 0.500. The van der Waals surface area contributed by atoms with Gasteiger partial charge in [0.05, 0.1) is 6.20 Å². The highest BCUT2D eigenvalue weighted by atomic mass is 32.1. The fourth-order valence-electron chi connectivity index (χ4n) is 1.30. The Bertz CT molecular complexity index is 201. The summed E-state index contributed by atoms with van der Waals surface area (Å²) in [5, 5.41) is 3.73. The molecule has 0 atom stereocenters. The largest absolute Gasteiger partial charge is 0.361 e. The minimum absolute atomic E-state index is 1.09. The van der Waals surface area contributed by atoms with E-state index in [1.54, 1.807) is 0 Å². The molecule has 1 aromatic heterocycles. The van der Waals surface area contributed by atoms with Crippen molar-refractivity contribution in [1.29, 1.82) is 0 Å². The summed E-state index contributed by atoms with van der Waals surface area (Å²) in [6.45, 7) is 0. The summed E-state index contributed by atoms with van der Waals surface area (Å²) in [5.41, 5.74) is 1.32. The molecule has 60 valence electrons. The number of aryl methyl sites for hydroxylation is 2. The molecule has 1 aromatic rings. The Morgan fingerprint density at radius 3 is 2.82 bits per heavy atom. The van der Waals surface area contributed by atoms with Crippen LogP contribution in [0.15, 0.2) is 10.7 Å². The lowest BCUT2D eigenvalue weighted by molar-refractivity contribution is 0.372. The molecule has 11 heavy (non-hydrogen) atoms. The predicted molar refractivity (Wildman–Crippen MR) is 47.9 cm³/mol. The number of thiocarbonyl (C=S) groups is 1. The van der Waals surface area contributed by atoms with Crippen molar-refractivity contribution in [2.75, 3.05) is 0 Å². The highest BCUT2D eigenvalue weighted by Crippen LogP contribution is 2.19. The molecule has 1 heterocycles. The number of nitrogens with zero attached hydrogens (tertiary/aromatic N) is 1. The van der Waals surface area contributed by atoms with Crippen molar-refractivity contribution in [3.05, 3.63) is 17.5 Å². The molecule has 0 bridgehead atoms. The predicted octanol–water partition coefficient (Wildman–Crippen LogP) is 2.17. The summed E-state index contributed by atoms with van der Waals surface area (Å²) in [6, 6.07) is 0. The molecule has 2 rings (SSSR count). The standard InChI is InChI=1S/C7H9NO.CH2S/c1-2-4-7-6(3-1)5-8-9-7;1-2/h5H,1-4H2;1H2. The van der Waals surface area contributed by atoms with E-state index in [2.05, 4.69) is 23.2 Å². The van der Waals surface area contributed by atoms with Gasteiger partial charge >= 0.3 is 0 Å². The highest BCUT2D eigenvalue weighted by Gasteiger charge is 2.11. The van der Waals surface area contributed by atoms with Crippen LogP contribution < -0.4 is 0 Å². The molecule has 0 fully saturated rings. The second-order valence-corrected chi connectivity index (χ2v) is 2.48. The average Bonchev–Trinajstić information content (AvgIpc) is 2.55. The summed E-state index contributed by atoms with van der Waals surface area (Å²) >= 11 is 3.83. The lowest BCUT2D eigenvalue weighted by Crippen LogP contribution is -1.97. The fourth-order valence-corrected chi connectivity index (χ4v) is 1.30. The van der Waals surface area contributed by atoms with Crippen LogP contribution in [0, 0.1) is 0 Å². The molecule has 0 amide bonds. The van der Waals surface area contributed by atoms with Gasteiger partial charge in [-0.1, -0.05) is 17.4 Å². The van der Waals surface area contributed by atoms with Crippen LogP contribution >= 0.6 is 12.2 Å². The van der Waals surface area contributed by atoms with Crippen molar-refractivity contribution in [2.45, 2.75) is 25.7 Å². The van der Waals surface area contributed by atoms with E-state index in [1.807, 2.05) is 6.20 Å². The van der Waals surface area contributed by atoms with Gasteiger partial charge in [-0.3, -0.25) is 0 Å². The van der Waals surface area contributed by atoms with E-state index in [1.165, 1.54) is 24.8 Å². The van der Waals surface area contributed by atoms with Gasteiger partial charge in [-0.15, -0.1) is 0 Å². The van der Waals surface area contributed by atoms with Crippen molar-refractivity contribution >= 4 is 18.1 Å². The normalized spacial score (nSPS) is 14.5. The lowest BCUT2D eigenvalue weighted by atomic mass is 9.99. The Balaban J connectivity index is 0.000000281. The van der Waals surface area contributed by atoms with E-state index in [4.69, 9.17) is 4.52 Å². The molecule has 0 aromatic carbocycles. The lowest BCUT2D eigenvalue weighted by Gasteiger charge is -2.05. The maximum absolute atomic E-state index is 5.01. The van der Waals surface area contributed by atoms with Gasteiger partial charge in [0.1, 0.15) is 5.76 Å². The van der Waals surface area contributed by atoms with Gasteiger partial charge in [-0.05, 0) is 25.1 Å². The smallest absolute Gasteiger partial charge is 0.139 e. The molecule has 1 aliphatic rings. The van der Waals surface area contributed by atoms with Gasteiger partial charge in [0.25, 0.3) is 0 Å². The van der Waals surface area contributed by atoms with Gasteiger partial charge in [-0.25, -0.2) is 0 Å². The third kappa shape index (κ3) is 1.87. The number of hydrogen-bond acceptors (Lipinski definition) is 3. The second-order valence-electron chi connectivity index (χ2n) is 2.48. The molecule has 0 saturated carbocycles. The molecule has 0 unspecified atom stereocenters. The first-order valence-electron chi connectivity index (χ1n) is 3.68. The molecule has 0 N–H and O–H groups in total. The zero-order valence-corrected chi connectivity index (χ0v) is 7.19. The zero-order valence-electron chi connectivity index (χ0n) is 6.38. The average molecular weight is 169 g/mol. The van der Waals surface area contributed by atoms with Gasteiger partial charge in [-0.2, -0.15) is 0 Å². The number of aromatic nitrogens is 1. The van der Waals surface area contributed by atoms with Crippen LogP contribution in [0.4, 0.5) is 0 Å². The van der Waals surface area contributed by atoms with E-state index in [0.29, 0.717) is 0 Å². The summed E-state index contributed by atoms with van der Waals surface area (Å²) < 4.78 is 5.01. The molecular formula is C8H11NOS. The highest BCUT2D eigenvalue weighted by molar-refractivity contribution is 7.77. The van der Waals surface area contributed by atoms with E-state index in [0.717, 1.165) is 12.2 Å². The van der Waals surface area contributed by atoms with Crippen LogP contribution in [0.3, 0.4) is 0 Å². The monoisotopic (exact) mass is 169 g/mol. The molecule has 0 saturated heterocycles. The first-order chi connectivity index (χ1) is 5.47. The van der Waals surface area contributed by atoms with Crippen LogP contribution in [-0.2, 0) is 12.8 Å². The maximum Gasteiger partial charge on any atom is 0.139 e. The first kappa shape index (κ1) is 8.40. The quantitative estimate of drug-likeness (QED) is 0.557. The first-order valence-corrected chi connectivity index (χ1v) is 4.26. The van der Waals surface area contributed by atoms with Crippen molar-refractivity contribution in [1.82, 2.24) is 5.16 Å². The molecule has 0 radical (unpaired) electrons. The Morgan fingerprint density at radius 2 is 2.09 bits per heavy atom. The van der Waals surface area contributed by atoms with Crippen LogP contribution in [0.5, 0.6) is 0 Å². The van der Waals surface area contributed by atoms with Crippen LogP contribution in [0.25, 0.3) is 0 Å². The van der Waals surface area contributed by atoms with Gasteiger partial charge in [0.15, 0.2) is 0 Å². The summed E-state index contributed by atoms with van der Waals surface area (Å²) in [5.74, 6) is 3.95. The summed E-state index contributed by atoms with van der Waals surface area (Å²) in [7, 11) is 0. The molecule has 3 heteroatoms. The minimum Gasteiger partial charge on any atom is -0.361 e. The van der Waals surface area contributed by atoms with Crippen molar-refractivity contribution in [3.8, 4) is 0 Å². The number of rotatable bonds is 0. The van der Waals surface area contributed by atoms with Gasteiger partial charge in [0.2, 0.25) is 0 Å². The minimum atomic E-state index is 1.09. The van der Waals surface area contributed by atoms with Gasteiger partial charge < -0.3 is 4.52 Å². The van der Waals surface area contributed by atoms with E-state index >= 15 is 0 Å². The summed E-state index contributed by atoms with van der Waals surface area (Å²) in [4.78, 5) is 0. The molecule has 1 aliphatic carbocycles. The van der Waals surface area contributed by atoms with E-state index in [-0.39, 0.29) is 0 Å². The Labute approximate surface area is 71.6 Å². The molecular weight excluding hydrogens is 158 g/mol. The van der Waals surface area contributed by atoms with Crippen LogP contribution in [0.2, 0.25) is 0 Å². The number of fused-ring (bicyclic) bond motifs is 1. The van der Waals surface area contributed by atoms with Crippen molar-refractivity contribution in [2.24, 2.45) is 0 Å². The van der Waals surface area contributed by atoms with Gasteiger partial charge in [0, 0.05) is 12.0 Å². The molecule has 0 spiro atoms. The second kappa shape index (κ2) is 4.23. The van der Waals surface area contributed by atoms with E-state index < -0.39 is 0 Å². The van der Waals surface area contributed by atoms with E-state index in [9.17, 15) is 0 Å². The zero-order chi connectivity index (χ0) is 8.10. The molecule has 0 aliphatic heterocycles.